The van der Waals surface area contributed by atoms with Gasteiger partial charge in [0.25, 0.3) is 6.43 Å². The first-order chi connectivity index (χ1) is 12.8. The van der Waals surface area contributed by atoms with Crippen LogP contribution in [0.4, 0.5) is 17.6 Å². The number of H-pyrrole nitrogens is 1. The van der Waals surface area contributed by atoms with Crippen LogP contribution in [-0.4, -0.2) is 28.8 Å². The lowest BCUT2D eigenvalue weighted by atomic mass is 9.73. The summed E-state index contributed by atoms with van der Waals surface area (Å²) in [5.74, 6) is -0.498. The van der Waals surface area contributed by atoms with E-state index < -0.39 is 36.4 Å². The van der Waals surface area contributed by atoms with E-state index in [0.717, 1.165) is 23.0 Å². The number of aromatic nitrogens is 1. The van der Waals surface area contributed by atoms with Gasteiger partial charge >= 0.3 is 0 Å². The molecule has 1 aromatic heterocycles. The third-order valence-corrected chi connectivity index (χ3v) is 5.02. The van der Waals surface area contributed by atoms with Crippen LogP contribution in [-0.2, 0) is 11.8 Å². The minimum atomic E-state index is -3.07. The van der Waals surface area contributed by atoms with Gasteiger partial charge in [-0.1, -0.05) is 37.3 Å². The molecule has 0 aliphatic carbocycles. The quantitative estimate of drug-likeness (QED) is 0.547. The highest BCUT2D eigenvalue weighted by Gasteiger charge is 2.45. The maximum Gasteiger partial charge on any atom is 0.267 e. The van der Waals surface area contributed by atoms with E-state index in [-0.39, 0.29) is 6.42 Å². The first-order valence-electron chi connectivity index (χ1n) is 8.65. The summed E-state index contributed by atoms with van der Waals surface area (Å²) in [4.78, 5) is 3.02. The van der Waals surface area contributed by atoms with Crippen LogP contribution in [0.15, 0.2) is 54.6 Å². The van der Waals surface area contributed by atoms with Gasteiger partial charge in [0, 0.05) is 23.0 Å². The number of nitrogens with one attached hydrogen (secondary N) is 1. The smallest absolute Gasteiger partial charge is 0.267 e. The van der Waals surface area contributed by atoms with E-state index in [4.69, 9.17) is 0 Å². The molecule has 6 heteroatoms. The molecule has 2 aromatic carbocycles. The normalized spacial score (nSPS) is 16.4. The zero-order chi connectivity index (χ0) is 19.7. The Bertz CT molecular complexity index is 875. The zero-order valence-corrected chi connectivity index (χ0v) is 14.9. The lowest BCUT2D eigenvalue weighted by Gasteiger charge is -2.36. The third kappa shape index (κ3) is 4.00. The Morgan fingerprint density at radius 2 is 1.74 bits per heavy atom. The maximum atomic E-state index is 13.9. The molecule has 3 rings (SSSR count). The molecule has 0 fully saturated rings. The lowest BCUT2D eigenvalue weighted by Crippen LogP contribution is -2.46. The lowest BCUT2D eigenvalue weighted by molar-refractivity contribution is -0.113. The molecule has 144 valence electrons. The number of aliphatic hydroxyl groups is 1. The molecule has 2 atom stereocenters. The van der Waals surface area contributed by atoms with Gasteiger partial charge in [-0.05, 0) is 41.6 Å². The van der Waals surface area contributed by atoms with E-state index in [9.17, 15) is 22.7 Å². The molecule has 0 radical (unpaired) electrons. The van der Waals surface area contributed by atoms with Crippen LogP contribution in [0.25, 0.3) is 10.9 Å². The summed E-state index contributed by atoms with van der Waals surface area (Å²) in [6.07, 6.45) is -3.93. The van der Waals surface area contributed by atoms with Crippen molar-refractivity contribution in [2.24, 2.45) is 0 Å². The average molecular weight is 379 g/mol. The number of hydrogen-bond donors (Lipinski definition) is 2. The van der Waals surface area contributed by atoms with Gasteiger partial charge in [-0.15, -0.1) is 0 Å². The summed E-state index contributed by atoms with van der Waals surface area (Å²) in [6.45, 7) is 0.499. The molecule has 27 heavy (non-hydrogen) atoms. The van der Waals surface area contributed by atoms with Crippen LogP contribution < -0.4 is 0 Å². The van der Waals surface area contributed by atoms with Crippen molar-refractivity contribution in [3.8, 4) is 0 Å². The van der Waals surface area contributed by atoms with Gasteiger partial charge in [-0.25, -0.2) is 13.2 Å². The largest absolute Gasteiger partial charge is 0.383 e. The highest BCUT2D eigenvalue weighted by Crippen LogP contribution is 2.38. The highest BCUT2D eigenvalue weighted by atomic mass is 19.3. The Balaban J connectivity index is 1.91. The van der Waals surface area contributed by atoms with Crippen LogP contribution >= 0.6 is 0 Å². The molecular formula is C21H21F4NO. The molecule has 2 nitrogen and oxygen atoms in total. The molecule has 1 heterocycles. The second kappa shape index (κ2) is 7.35. The first kappa shape index (κ1) is 19.4. The third-order valence-electron chi connectivity index (χ3n) is 5.02. The molecular weight excluding hydrogens is 358 g/mol. The molecule has 3 aromatic rings. The highest BCUT2D eigenvalue weighted by molar-refractivity contribution is 5.80. The minimum absolute atomic E-state index is 0.351. The molecule has 0 saturated carbocycles. The van der Waals surface area contributed by atoms with Gasteiger partial charge in [0.1, 0.15) is 11.4 Å². The van der Waals surface area contributed by atoms with Crippen molar-refractivity contribution in [1.29, 1.82) is 0 Å². The van der Waals surface area contributed by atoms with E-state index in [1.807, 2.05) is 24.3 Å². The van der Waals surface area contributed by atoms with Crippen molar-refractivity contribution in [3.05, 3.63) is 71.7 Å². The number of halogens is 4. The van der Waals surface area contributed by atoms with Crippen molar-refractivity contribution in [1.82, 2.24) is 4.98 Å². The number of rotatable bonds is 7. The standard InChI is InChI=1S/C21H21F4NO/c1-20(13-22,15-6-8-16(23)9-7-15)12-21(27,19(24)25)11-17-10-14-4-2-3-5-18(14)26-17/h2-10,19,26-27H,11-13H2,1H3. The Morgan fingerprint density at radius 1 is 1.07 bits per heavy atom. The summed E-state index contributed by atoms with van der Waals surface area (Å²) in [6, 6.07) is 14.0. The Kier molecular flexibility index (Phi) is 5.29. The molecule has 0 amide bonds. The Labute approximate surface area is 154 Å². The predicted octanol–water partition coefficient (Wildman–Crippen LogP) is 5.16. The molecule has 2 N–H and O–H groups in total. The van der Waals surface area contributed by atoms with Crippen molar-refractivity contribution in [2.45, 2.75) is 37.2 Å². The maximum absolute atomic E-state index is 13.9. The molecule has 0 saturated heterocycles. The number of benzene rings is 2. The predicted molar refractivity (Wildman–Crippen MR) is 97.3 cm³/mol. The van der Waals surface area contributed by atoms with E-state index in [1.165, 1.54) is 19.1 Å². The fourth-order valence-corrected chi connectivity index (χ4v) is 3.53. The minimum Gasteiger partial charge on any atom is -0.383 e. The van der Waals surface area contributed by atoms with Gasteiger partial charge in [0.05, 0.1) is 6.67 Å². The Hall–Kier alpha value is -2.34. The Morgan fingerprint density at radius 3 is 2.33 bits per heavy atom. The summed E-state index contributed by atoms with van der Waals surface area (Å²) < 4.78 is 54.7. The van der Waals surface area contributed by atoms with Crippen LogP contribution in [0, 0.1) is 5.82 Å². The average Bonchev–Trinajstić information content (AvgIpc) is 3.03. The zero-order valence-electron chi connectivity index (χ0n) is 14.9. The molecule has 0 aliphatic rings. The van der Waals surface area contributed by atoms with Gasteiger partial charge in [0.15, 0.2) is 0 Å². The summed E-state index contributed by atoms with van der Waals surface area (Å²) in [7, 11) is 0. The number of hydrogen-bond acceptors (Lipinski definition) is 1. The van der Waals surface area contributed by atoms with E-state index in [0.29, 0.717) is 11.3 Å². The van der Waals surface area contributed by atoms with Crippen LogP contribution in [0.3, 0.4) is 0 Å². The summed E-state index contributed by atoms with van der Waals surface area (Å²) >= 11 is 0. The molecule has 0 spiro atoms. The summed E-state index contributed by atoms with van der Waals surface area (Å²) in [5.41, 5.74) is -2.22. The summed E-state index contributed by atoms with van der Waals surface area (Å²) in [5, 5.41) is 11.6. The van der Waals surface area contributed by atoms with Gasteiger partial charge < -0.3 is 10.1 Å². The monoisotopic (exact) mass is 379 g/mol. The number of alkyl halides is 3. The van der Waals surface area contributed by atoms with Crippen LogP contribution in [0.1, 0.15) is 24.6 Å². The van der Waals surface area contributed by atoms with Crippen LogP contribution in [0.2, 0.25) is 0 Å². The number of aromatic amines is 1. The molecule has 0 bridgehead atoms. The SMILES string of the molecule is CC(CF)(CC(O)(Cc1cc2ccccc2[nH]1)C(F)F)c1ccc(F)cc1. The van der Waals surface area contributed by atoms with Crippen molar-refractivity contribution >= 4 is 10.9 Å². The fourth-order valence-electron chi connectivity index (χ4n) is 3.53. The van der Waals surface area contributed by atoms with E-state index >= 15 is 0 Å². The second-order valence-electron chi connectivity index (χ2n) is 7.34. The van der Waals surface area contributed by atoms with Gasteiger partial charge in [-0.2, -0.15) is 0 Å². The topological polar surface area (TPSA) is 36.0 Å². The fraction of sp³-hybridized carbons (Fsp3) is 0.333. The van der Waals surface area contributed by atoms with Crippen LogP contribution in [0.5, 0.6) is 0 Å². The van der Waals surface area contributed by atoms with Crippen molar-refractivity contribution in [3.63, 3.8) is 0 Å². The van der Waals surface area contributed by atoms with Gasteiger partial charge in [-0.3, -0.25) is 4.39 Å². The van der Waals surface area contributed by atoms with Crippen molar-refractivity contribution < 1.29 is 22.7 Å². The van der Waals surface area contributed by atoms with E-state index in [1.54, 1.807) is 6.07 Å². The van der Waals surface area contributed by atoms with Crippen molar-refractivity contribution in [2.75, 3.05) is 6.67 Å². The van der Waals surface area contributed by atoms with E-state index in [2.05, 4.69) is 4.98 Å². The number of para-hydroxylation sites is 1. The first-order valence-corrected chi connectivity index (χ1v) is 8.65. The number of fused-ring (bicyclic) bond motifs is 1. The molecule has 2 unspecified atom stereocenters. The van der Waals surface area contributed by atoms with Gasteiger partial charge in [0.2, 0.25) is 0 Å². The molecule has 0 aliphatic heterocycles. The second-order valence-corrected chi connectivity index (χ2v) is 7.34.